The molecule has 1 amide bonds. The highest BCUT2D eigenvalue weighted by molar-refractivity contribution is 5.68. The van der Waals surface area contributed by atoms with Gasteiger partial charge in [0.05, 0.1) is 12.6 Å². The van der Waals surface area contributed by atoms with E-state index in [1.165, 1.54) is 88.5 Å². The molecule has 1 aliphatic heterocycles. The first-order chi connectivity index (χ1) is 15.1. The Labute approximate surface area is 188 Å². The van der Waals surface area contributed by atoms with Crippen LogP contribution in [0.4, 0.5) is 4.79 Å². The Kier molecular flexibility index (Phi) is 6.28. The first kappa shape index (κ1) is 21.3. The fraction of sp³-hybridized carbons (Fsp3) is 0.741. The normalized spacial score (nSPS) is 32.3. The molecule has 4 atom stereocenters. The fourth-order valence-electron chi connectivity index (χ4n) is 7.45. The Morgan fingerprint density at radius 3 is 2.74 bits per heavy atom. The van der Waals surface area contributed by atoms with Gasteiger partial charge in [0.25, 0.3) is 0 Å². The van der Waals surface area contributed by atoms with Crippen LogP contribution in [0.15, 0.2) is 24.3 Å². The lowest BCUT2D eigenvalue weighted by Gasteiger charge is -2.41. The first-order valence-corrected chi connectivity index (χ1v) is 12.9. The molecule has 1 saturated heterocycles. The van der Waals surface area contributed by atoms with Gasteiger partial charge in [0.15, 0.2) is 0 Å². The van der Waals surface area contributed by atoms with Gasteiger partial charge in [-0.1, -0.05) is 49.9 Å². The number of amides is 1. The molecule has 0 aromatic heterocycles. The van der Waals surface area contributed by atoms with E-state index >= 15 is 0 Å². The van der Waals surface area contributed by atoms with E-state index in [1.807, 2.05) is 6.92 Å². The molecule has 170 valence electrons. The standard InChI is InChI=1S/C27H40N2O2/c1-2-31-26(30)28-25-18-27(24-9-4-3-8-23(24)25)12-14-29(15-13-27)19-22-11-10-20-6-5-7-21(16-20)17-22/h3-4,8-9,20-22,25H,2,5-7,10-19H2,1H3,(H,28,30)/t20-,21+,22+,25+/m1/s1. The van der Waals surface area contributed by atoms with Gasteiger partial charge < -0.3 is 15.0 Å². The van der Waals surface area contributed by atoms with Crippen LogP contribution in [0.1, 0.15) is 88.3 Å². The zero-order valence-corrected chi connectivity index (χ0v) is 19.3. The minimum absolute atomic E-state index is 0.0861. The van der Waals surface area contributed by atoms with Gasteiger partial charge in [0, 0.05) is 12.0 Å². The van der Waals surface area contributed by atoms with E-state index in [0.29, 0.717) is 6.61 Å². The van der Waals surface area contributed by atoms with E-state index in [4.69, 9.17) is 4.74 Å². The number of fused-ring (bicyclic) bond motifs is 4. The highest BCUT2D eigenvalue weighted by Crippen LogP contribution is 2.51. The summed E-state index contributed by atoms with van der Waals surface area (Å²) in [6, 6.07) is 8.88. The van der Waals surface area contributed by atoms with Gasteiger partial charge >= 0.3 is 6.09 Å². The van der Waals surface area contributed by atoms with Crippen LogP contribution >= 0.6 is 0 Å². The molecule has 4 nitrogen and oxygen atoms in total. The predicted molar refractivity (Wildman–Crippen MR) is 124 cm³/mol. The maximum absolute atomic E-state index is 12.1. The van der Waals surface area contributed by atoms with E-state index in [1.54, 1.807) is 0 Å². The van der Waals surface area contributed by atoms with Crippen LogP contribution < -0.4 is 5.32 Å². The zero-order valence-electron chi connectivity index (χ0n) is 19.3. The third-order valence-corrected chi connectivity index (χ3v) is 8.94. The van der Waals surface area contributed by atoms with Crippen molar-refractivity contribution < 1.29 is 9.53 Å². The maximum atomic E-state index is 12.1. The zero-order chi connectivity index (χ0) is 21.3. The second-order valence-electron chi connectivity index (χ2n) is 10.9. The number of benzene rings is 1. The summed E-state index contributed by atoms with van der Waals surface area (Å²) in [5, 5.41) is 3.14. The molecule has 1 aromatic carbocycles. The van der Waals surface area contributed by atoms with Gasteiger partial charge in [0.1, 0.15) is 0 Å². The van der Waals surface area contributed by atoms with Gasteiger partial charge in [-0.2, -0.15) is 0 Å². The van der Waals surface area contributed by atoms with Crippen molar-refractivity contribution in [2.75, 3.05) is 26.2 Å². The van der Waals surface area contributed by atoms with Crippen molar-refractivity contribution >= 4 is 6.09 Å². The molecule has 3 fully saturated rings. The number of hydrogen-bond donors (Lipinski definition) is 1. The monoisotopic (exact) mass is 424 g/mol. The van der Waals surface area contributed by atoms with Crippen molar-refractivity contribution in [2.24, 2.45) is 17.8 Å². The van der Waals surface area contributed by atoms with E-state index in [0.717, 1.165) is 24.2 Å². The van der Waals surface area contributed by atoms with E-state index in [2.05, 4.69) is 34.5 Å². The van der Waals surface area contributed by atoms with Crippen molar-refractivity contribution in [3.63, 3.8) is 0 Å². The van der Waals surface area contributed by atoms with Crippen molar-refractivity contribution in [1.29, 1.82) is 0 Å². The summed E-state index contributed by atoms with van der Waals surface area (Å²) in [5.74, 6) is 2.96. The summed E-state index contributed by atoms with van der Waals surface area (Å²) in [6.07, 6.45) is 13.6. The number of ether oxygens (including phenoxy) is 1. The molecule has 1 spiro atoms. The fourth-order valence-corrected chi connectivity index (χ4v) is 7.45. The van der Waals surface area contributed by atoms with Crippen LogP contribution in [0.5, 0.6) is 0 Å². The highest BCUT2D eigenvalue weighted by atomic mass is 16.5. The number of carbonyl (C=O) groups excluding carboxylic acids is 1. The van der Waals surface area contributed by atoms with Crippen LogP contribution in [0.2, 0.25) is 0 Å². The Hall–Kier alpha value is -1.55. The molecule has 31 heavy (non-hydrogen) atoms. The third-order valence-electron chi connectivity index (χ3n) is 8.94. The molecule has 4 heteroatoms. The molecular formula is C27H40N2O2. The number of likely N-dealkylation sites (tertiary alicyclic amines) is 1. The molecule has 4 aliphatic rings. The molecule has 3 aliphatic carbocycles. The van der Waals surface area contributed by atoms with Crippen LogP contribution in [0.3, 0.4) is 0 Å². The van der Waals surface area contributed by atoms with Gasteiger partial charge in [-0.15, -0.1) is 0 Å². The topological polar surface area (TPSA) is 41.6 Å². The second-order valence-corrected chi connectivity index (χ2v) is 10.9. The molecule has 2 saturated carbocycles. The summed E-state index contributed by atoms with van der Waals surface area (Å²) in [5.41, 5.74) is 3.00. The SMILES string of the molecule is CCOC(=O)N[C@H]1CC2(CCN(C[C@H]3CC[C@H]4CCC[C@@H](C4)C3)CC2)c2ccccc21. The van der Waals surface area contributed by atoms with Gasteiger partial charge in [-0.05, 0) is 87.4 Å². The number of piperidine rings is 1. The minimum Gasteiger partial charge on any atom is -0.450 e. The number of rotatable bonds is 4. The molecule has 5 rings (SSSR count). The quantitative estimate of drug-likeness (QED) is 0.662. The highest BCUT2D eigenvalue weighted by Gasteiger charge is 2.46. The summed E-state index contributed by atoms with van der Waals surface area (Å²) < 4.78 is 5.18. The number of nitrogens with zero attached hydrogens (tertiary/aromatic N) is 1. The lowest BCUT2D eigenvalue weighted by molar-refractivity contribution is 0.122. The summed E-state index contributed by atoms with van der Waals surface area (Å²) >= 11 is 0. The number of nitrogens with one attached hydrogen (secondary N) is 1. The molecule has 1 heterocycles. The van der Waals surface area contributed by atoms with Crippen LogP contribution in [0, 0.1) is 17.8 Å². The van der Waals surface area contributed by atoms with Gasteiger partial charge in [-0.3, -0.25) is 0 Å². The lowest BCUT2D eigenvalue weighted by atomic mass is 9.73. The molecular weight excluding hydrogens is 384 g/mol. The minimum atomic E-state index is -0.282. The molecule has 0 radical (unpaired) electrons. The Morgan fingerprint density at radius 1 is 1.10 bits per heavy atom. The van der Waals surface area contributed by atoms with E-state index in [9.17, 15) is 4.79 Å². The largest absolute Gasteiger partial charge is 0.450 e. The Morgan fingerprint density at radius 2 is 1.90 bits per heavy atom. The molecule has 2 bridgehead atoms. The van der Waals surface area contributed by atoms with E-state index in [-0.39, 0.29) is 17.6 Å². The second kappa shape index (κ2) is 9.13. The van der Waals surface area contributed by atoms with Gasteiger partial charge in [0.2, 0.25) is 0 Å². The van der Waals surface area contributed by atoms with Crippen molar-refractivity contribution in [3.05, 3.63) is 35.4 Å². The Bertz CT molecular complexity index is 770. The summed E-state index contributed by atoms with van der Waals surface area (Å²) in [6.45, 7) is 5.99. The first-order valence-electron chi connectivity index (χ1n) is 12.9. The summed E-state index contributed by atoms with van der Waals surface area (Å²) in [7, 11) is 0. The van der Waals surface area contributed by atoms with Crippen LogP contribution in [-0.4, -0.2) is 37.2 Å². The van der Waals surface area contributed by atoms with Gasteiger partial charge in [-0.25, -0.2) is 4.79 Å². The number of hydrogen-bond acceptors (Lipinski definition) is 3. The van der Waals surface area contributed by atoms with Crippen molar-refractivity contribution in [3.8, 4) is 0 Å². The average molecular weight is 425 g/mol. The Balaban J connectivity index is 1.21. The van der Waals surface area contributed by atoms with Crippen molar-refractivity contribution in [2.45, 2.75) is 82.6 Å². The van der Waals surface area contributed by atoms with Crippen LogP contribution in [-0.2, 0) is 10.2 Å². The molecule has 1 aromatic rings. The lowest BCUT2D eigenvalue weighted by Crippen LogP contribution is -2.44. The maximum Gasteiger partial charge on any atom is 0.407 e. The smallest absolute Gasteiger partial charge is 0.407 e. The average Bonchev–Trinajstić information content (AvgIpc) is 2.99. The molecule has 0 unspecified atom stereocenters. The number of alkyl carbamates (subject to hydrolysis) is 1. The summed E-state index contributed by atoms with van der Waals surface area (Å²) in [4.78, 5) is 14.9. The predicted octanol–water partition coefficient (Wildman–Crippen LogP) is 5.82. The van der Waals surface area contributed by atoms with Crippen molar-refractivity contribution in [1.82, 2.24) is 10.2 Å². The number of carbonyl (C=O) groups is 1. The van der Waals surface area contributed by atoms with Crippen LogP contribution in [0.25, 0.3) is 0 Å². The third kappa shape index (κ3) is 4.51. The molecule has 1 N–H and O–H groups in total. The van der Waals surface area contributed by atoms with E-state index < -0.39 is 0 Å².